The van der Waals surface area contributed by atoms with Crippen molar-refractivity contribution in [3.05, 3.63) is 14.7 Å². The lowest BCUT2D eigenvalue weighted by molar-refractivity contribution is 0.0703. The zero-order valence-corrected chi connectivity index (χ0v) is 14.2. The summed E-state index contributed by atoms with van der Waals surface area (Å²) in [5.74, 6) is 0.828. The lowest BCUT2D eigenvalue weighted by atomic mass is 10.1. The molecule has 4 nitrogen and oxygen atoms in total. The third-order valence-corrected chi connectivity index (χ3v) is 4.97. The maximum Gasteiger partial charge on any atom is 0.264 e. The fraction of sp³-hybridized carbons (Fsp3) is 0.583. The predicted octanol–water partition coefficient (Wildman–Crippen LogP) is 2.77. The van der Waals surface area contributed by atoms with Crippen molar-refractivity contribution in [2.24, 2.45) is 0 Å². The molecule has 2 rings (SSSR count). The van der Waals surface area contributed by atoms with Crippen LogP contribution < -0.4 is 10.1 Å². The first-order valence-electron chi connectivity index (χ1n) is 5.95. The Morgan fingerprint density at radius 2 is 2.37 bits per heavy atom. The number of piperidine rings is 1. The Kier molecular flexibility index (Phi) is 6.59. The molecule has 0 saturated carbocycles. The number of hydrogen-bond donors (Lipinski definition) is 1. The molecule has 19 heavy (non-hydrogen) atoms. The zero-order valence-electron chi connectivity index (χ0n) is 10.9. The third-order valence-electron chi connectivity index (χ3n) is 3.20. The molecular formula is C12H18BrClN2O2S. The van der Waals surface area contributed by atoms with E-state index < -0.39 is 0 Å². The van der Waals surface area contributed by atoms with Crippen LogP contribution in [0.25, 0.3) is 0 Å². The van der Waals surface area contributed by atoms with Crippen LogP contribution in [0, 0.1) is 0 Å². The van der Waals surface area contributed by atoms with Crippen LogP contribution in [0.5, 0.6) is 5.75 Å². The number of methoxy groups -OCH3 is 1. The topological polar surface area (TPSA) is 41.6 Å². The first-order chi connectivity index (χ1) is 8.65. The van der Waals surface area contributed by atoms with Crippen LogP contribution in [0.15, 0.2) is 9.85 Å². The third kappa shape index (κ3) is 3.84. The van der Waals surface area contributed by atoms with Crippen molar-refractivity contribution in [3.8, 4) is 5.75 Å². The van der Waals surface area contributed by atoms with Gasteiger partial charge in [-0.15, -0.1) is 23.7 Å². The van der Waals surface area contributed by atoms with Crippen molar-refractivity contribution in [1.82, 2.24) is 10.2 Å². The Labute approximate surface area is 132 Å². The number of hydrogen-bond acceptors (Lipinski definition) is 4. The summed E-state index contributed by atoms with van der Waals surface area (Å²) in [7, 11) is 3.56. The number of ether oxygens (including phenoxy) is 1. The number of thiophene rings is 1. The second-order valence-corrected chi connectivity index (χ2v) is 6.70. The lowest BCUT2D eigenvalue weighted by Crippen LogP contribution is -2.46. The maximum absolute atomic E-state index is 12.4. The molecule has 0 aromatic carbocycles. The molecule has 1 saturated heterocycles. The smallest absolute Gasteiger partial charge is 0.264 e. The van der Waals surface area contributed by atoms with Gasteiger partial charge in [-0.3, -0.25) is 4.79 Å². The summed E-state index contributed by atoms with van der Waals surface area (Å²) in [6, 6.07) is 2.22. The summed E-state index contributed by atoms with van der Waals surface area (Å²) < 4.78 is 6.06. The largest absolute Gasteiger partial charge is 0.495 e. The molecule has 1 unspecified atom stereocenters. The van der Waals surface area contributed by atoms with Gasteiger partial charge in [-0.05, 0) is 35.8 Å². The zero-order chi connectivity index (χ0) is 13.1. The van der Waals surface area contributed by atoms with Gasteiger partial charge in [0, 0.05) is 25.2 Å². The number of nitrogens with one attached hydrogen (secondary N) is 1. The monoisotopic (exact) mass is 368 g/mol. The molecular weight excluding hydrogens is 352 g/mol. The van der Waals surface area contributed by atoms with Crippen molar-refractivity contribution in [2.75, 3.05) is 27.2 Å². The van der Waals surface area contributed by atoms with Gasteiger partial charge in [-0.25, -0.2) is 0 Å². The Morgan fingerprint density at radius 3 is 2.95 bits per heavy atom. The highest BCUT2D eigenvalue weighted by Gasteiger charge is 2.25. The van der Waals surface area contributed by atoms with E-state index in [2.05, 4.69) is 21.2 Å². The standard InChI is InChI=1S/C12H17BrN2O2S.ClH/c1-14-8-4-3-5-15(7-8)12(16)10-6-9(17-2)11(13)18-10;/h6,8,14H,3-5,7H2,1-2H3;1H. The summed E-state index contributed by atoms with van der Waals surface area (Å²) in [6.07, 6.45) is 2.19. The number of halogens is 2. The highest BCUT2D eigenvalue weighted by atomic mass is 79.9. The van der Waals surface area contributed by atoms with Gasteiger partial charge in [-0.1, -0.05) is 0 Å². The van der Waals surface area contributed by atoms with Gasteiger partial charge in [0.25, 0.3) is 5.91 Å². The summed E-state index contributed by atoms with van der Waals surface area (Å²) >= 11 is 4.84. The summed E-state index contributed by atoms with van der Waals surface area (Å²) in [4.78, 5) is 15.0. The van der Waals surface area contributed by atoms with Crippen LogP contribution in [0.3, 0.4) is 0 Å². The number of likely N-dealkylation sites (tertiary alicyclic amines) is 1. The minimum atomic E-state index is 0. The molecule has 1 N–H and O–H groups in total. The van der Waals surface area contributed by atoms with Crippen LogP contribution in [-0.2, 0) is 0 Å². The van der Waals surface area contributed by atoms with E-state index in [1.165, 1.54) is 11.3 Å². The average molecular weight is 370 g/mol. The van der Waals surface area contributed by atoms with Crippen LogP contribution in [0.1, 0.15) is 22.5 Å². The van der Waals surface area contributed by atoms with Gasteiger partial charge in [0.1, 0.15) is 9.54 Å². The number of carbonyl (C=O) groups excluding carboxylic acids is 1. The number of amides is 1. The van der Waals surface area contributed by atoms with E-state index in [1.54, 1.807) is 13.2 Å². The molecule has 1 fully saturated rings. The van der Waals surface area contributed by atoms with E-state index >= 15 is 0 Å². The lowest BCUT2D eigenvalue weighted by Gasteiger charge is -2.32. The molecule has 2 heterocycles. The van der Waals surface area contributed by atoms with Gasteiger partial charge in [0.15, 0.2) is 0 Å². The minimum absolute atomic E-state index is 0. The summed E-state index contributed by atoms with van der Waals surface area (Å²) in [5, 5.41) is 3.24. The normalized spacial score (nSPS) is 18.9. The molecule has 108 valence electrons. The molecule has 0 bridgehead atoms. The van der Waals surface area contributed by atoms with Crippen LogP contribution in [-0.4, -0.2) is 44.1 Å². The molecule has 1 aromatic heterocycles. The Morgan fingerprint density at radius 1 is 1.63 bits per heavy atom. The number of likely N-dealkylation sites (N-methyl/N-ethyl adjacent to an activating group) is 1. The first-order valence-corrected chi connectivity index (χ1v) is 7.56. The fourth-order valence-corrected chi connectivity index (χ4v) is 3.77. The molecule has 7 heteroatoms. The highest BCUT2D eigenvalue weighted by Crippen LogP contribution is 2.35. The van der Waals surface area contributed by atoms with E-state index in [9.17, 15) is 4.79 Å². The maximum atomic E-state index is 12.4. The van der Waals surface area contributed by atoms with Crippen molar-refractivity contribution in [3.63, 3.8) is 0 Å². The van der Waals surface area contributed by atoms with Crippen molar-refractivity contribution >= 4 is 45.6 Å². The average Bonchev–Trinajstić information content (AvgIpc) is 2.79. The van der Waals surface area contributed by atoms with Gasteiger partial charge in [0.2, 0.25) is 0 Å². The second kappa shape index (κ2) is 7.47. The highest BCUT2D eigenvalue weighted by molar-refractivity contribution is 9.11. The van der Waals surface area contributed by atoms with E-state index in [-0.39, 0.29) is 18.3 Å². The molecule has 0 radical (unpaired) electrons. The van der Waals surface area contributed by atoms with Crippen LogP contribution >= 0.6 is 39.7 Å². The van der Waals surface area contributed by atoms with Crippen LogP contribution in [0.4, 0.5) is 0 Å². The fourth-order valence-electron chi connectivity index (χ4n) is 2.15. The van der Waals surface area contributed by atoms with Crippen LogP contribution in [0.2, 0.25) is 0 Å². The Balaban J connectivity index is 0.00000180. The van der Waals surface area contributed by atoms with Crippen molar-refractivity contribution in [2.45, 2.75) is 18.9 Å². The summed E-state index contributed by atoms with van der Waals surface area (Å²) in [5.41, 5.74) is 0. The van der Waals surface area contributed by atoms with E-state index in [0.717, 1.165) is 40.3 Å². The van der Waals surface area contributed by atoms with Gasteiger partial charge >= 0.3 is 0 Å². The van der Waals surface area contributed by atoms with E-state index in [0.29, 0.717) is 6.04 Å². The first kappa shape index (κ1) is 16.8. The van der Waals surface area contributed by atoms with E-state index in [1.807, 2.05) is 11.9 Å². The number of carbonyl (C=O) groups is 1. The molecule has 0 spiro atoms. The molecule has 1 aliphatic rings. The molecule has 1 amide bonds. The van der Waals surface area contributed by atoms with E-state index in [4.69, 9.17) is 4.74 Å². The molecule has 1 aromatic rings. The Hall–Kier alpha value is -0.300. The second-order valence-electron chi connectivity index (χ2n) is 4.33. The van der Waals surface area contributed by atoms with Crippen molar-refractivity contribution in [1.29, 1.82) is 0 Å². The quantitative estimate of drug-likeness (QED) is 0.891. The minimum Gasteiger partial charge on any atom is -0.495 e. The molecule has 0 aliphatic carbocycles. The van der Waals surface area contributed by atoms with Gasteiger partial charge in [0.05, 0.1) is 12.0 Å². The van der Waals surface area contributed by atoms with Gasteiger partial charge < -0.3 is 15.0 Å². The number of nitrogens with zero attached hydrogens (tertiary/aromatic N) is 1. The number of rotatable bonds is 3. The predicted molar refractivity (Wildman–Crippen MR) is 83.8 cm³/mol. The molecule has 1 atom stereocenters. The Bertz CT molecular complexity index is 441. The van der Waals surface area contributed by atoms with Crippen molar-refractivity contribution < 1.29 is 9.53 Å². The van der Waals surface area contributed by atoms with Gasteiger partial charge in [-0.2, -0.15) is 0 Å². The SMILES string of the molecule is CNC1CCCN(C(=O)c2cc(OC)c(Br)s2)C1.Cl. The molecule has 1 aliphatic heterocycles. The summed E-state index contributed by atoms with van der Waals surface area (Å²) in [6.45, 7) is 1.63.